The Morgan fingerprint density at radius 2 is 1.89 bits per heavy atom. The average molecular weight is 249 g/mol. The molecule has 0 saturated carbocycles. The van der Waals surface area contributed by atoms with Crippen molar-refractivity contribution in [2.75, 3.05) is 5.73 Å². The van der Waals surface area contributed by atoms with E-state index in [-0.39, 0.29) is 5.82 Å². The molecule has 0 atom stereocenters. The van der Waals surface area contributed by atoms with Crippen molar-refractivity contribution in [2.24, 2.45) is 5.73 Å². The smallest absolute Gasteiger partial charge is 0.252 e. The molecule has 0 fully saturated rings. The lowest BCUT2D eigenvalue weighted by atomic mass is 10.0. The van der Waals surface area contributed by atoms with Crippen molar-refractivity contribution in [3.05, 3.63) is 23.4 Å². The van der Waals surface area contributed by atoms with Gasteiger partial charge in [-0.05, 0) is 24.5 Å². The molecule has 4 N–H and O–H groups in total. The van der Waals surface area contributed by atoms with Crippen molar-refractivity contribution >= 4 is 11.7 Å². The van der Waals surface area contributed by atoms with Crippen molar-refractivity contribution in [2.45, 2.75) is 51.9 Å². The molecule has 1 aromatic heterocycles. The molecule has 0 saturated heterocycles. The molecule has 1 amide bonds. The normalized spacial score (nSPS) is 10.5. The van der Waals surface area contributed by atoms with Gasteiger partial charge in [0.2, 0.25) is 0 Å². The van der Waals surface area contributed by atoms with Crippen LogP contribution in [-0.4, -0.2) is 10.9 Å². The van der Waals surface area contributed by atoms with Crippen LogP contribution in [0.2, 0.25) is 0 Å². The van der Waals surface area contributed by atoms with E-state index < -0.39 is 5.91 Å². The van der Waals surface area contributed by atoms with Gasteiger partial charge in [0.05, 0.1) is 5.56 Å². The van der Waals surface area contributed by atoms with Crippen LogP contribution < -0.4 is 11.5 Å². The van der Waals surface area contributed by atoms with E-state index in [0.29, 0.717) is 5.56 Å². The molecule has 0 aliphatic carbocycles. The number of nitrogens with two attached hydrogens (primary N) is 2. The van der Waals surface area contributed by atoms with Crippen molar-refractivity contribution in [3.8, 4) is 0 Å². The van der Waals surface area contributed by atoms with E-state index in [1.807, 2.05) is 6.07 Å². The Labute approximate surface area is 109 Å². The number of pyridine rings is 1. The van der Waals surface area contributed by atoms with Crippen LogP contribution in [0, 0.1) is 0 Å². The fourth-order valence-electron chi connectivity index (χ4n) is 2.11. The van der Waals surface area contributed by atoms with E-state index >= 15 is 0 Å². The number of carbonyl (C=O) groups is 1. The predicted molar refractivity (Wildman–Crippen MR) is 74.2 cm³/mol. The Hall–Kier alpha value is -1.58. The van der Waals surface area contributed by atoms with Crippen LogP contribution in [0.25, 0.3) is 0 Å². The molecule has 4 nitrogen and oxygen atoms in total. The number of aromatic nitrogens is 1. The zero-order valence-electron chi connectivity index (χ0n) is 11.1. The van der Waals surface area contributed by atoms with Gasteiger partial charge in [0.1, 0.15) is 5.82 Å². The molecule has 0 bridgehead atoms. The van der Waals surface area contributed by atoms with Gasteiger partial charge in [0, 0.05) is 6.20 Å². The molecule has 0 spiro atoms. The third-order valence-corrected chi connectivity index (χ3v) is 3.11. The Kier molecular flexibility index (Phi) is 6.19. The van der Waals surface area contributed by atoms with Crippen molar-refractivity contribution in [1.29, 1.82) is 0 Å². The number of primary amides is 1. The maximum Gasteiger partial charge on any atom is 0.252 e. The van der Waals surface area contributed by atoms with E-state index in [9.17, 15) is 4.79 Å². The zero-order chi connectivity index (χ0) is 13.4. The summed E-state index contributed by atoms with van der Waals surface area (Å²) in [7, 11) is 0. The summed E-state index contributed by atoms with van der Waals surface area (Å²) in [6.07, 6.45) is 9.82. The molecule has 4 heteroatoms. The Bertz CT molecular complexity index is 391. The van der Waals surface area contributed by atoms with E-state index in [4.69, 9.17) is 11.5 Å². The van der Waals surface area contributed by atoms with E-state index in [0.717, 1.165) is 18.4 Å². The molecule has 0 radical (unpaired) electrons. The number of unbranched alkanes of at least 4 members (excludes halogenated alkanes) is 5. The van der Waals surface area contributed by atoms with Gasteiger partial charge in [-0.15, -0.1) is 0 Å². The molecule has 0 aromatic carbocycles. The third kappa shape index (κ3) is 4.35. The number of nitrogen functional groups attached to an aromatic ring is 1. The van der Waals surface area contributed by atoms with Gasteiger partial charge in [-0.3, -0.25) is 4.79 Å². The van der Waals surface area contributed by atoms with Crippen molar-refractivity contribution in [3.63, 3.8) is 0 Å². The van der Waals surface area contributed by atoms with Crippen LogP contribution >= 0.6 is 0 Å². The molecule has 0 unspecified atom stereocenters. The van der Waals surface area contributed by atoms with Crippen molar-refractivity contribution in [1.82, 2.24) is 4.98 Å². The average Bonchev–Trinajstić information content (AvgIpc) is 2.33. The molecule has 0 aliphatic heterocycles. The van der Waals surface area contributed by atoms with Gasteiger partial charge in [-0.1, -0.05) is 39.0 Å². The van der Waals surface area contributed by atoms with Gasteiger partial charge in [-0.25, -0.2) is 4.98 Å². The van der Waals surface area contributed by atoms with Crippen LogP contribution in [0.4, 0.5) is 5.82 Å². The Morgan fingerprint density at radius 1 is 1.22 bits per heavy atom. The number of amides is 1. The maximum atomic E-state index is 11.3. The minimum atomic E-state index is -0.485. The first-order chi connectivity index (χ1) is 8.66. The highest BCUT2D eigenvalue weighted by Gasteiger charge is 2.12. The summed E-state index contributed by atoms with van der Waals surface area (Å²) in [5.41, 5.74) is 12.3. The fraction of sp³-hybridized carbons (Fsp3) is 0.571. The van der Waals surface area contributed by atoms with Crippen LogP contribution in [0.5, 0.6) is 0 Å². The quantitative estimate of drug-likeness (QED) is 0.695. The second-order valence-electron chi connectivity index (χ2n) is 4.61. The largest absolute Gasteiger partial charge is 0.383 e. The monoisotopic (exact) mass is 249 g/mol. The molecule has 100 valence electrons. The molecule has 0 aliphatic rings. The van der Waals surface area contributed by atoms with Gasteiger partial charge in [0.25, 0.3) is 5.91 Å². The summed E-state index contributed by atoms with van der Waals surface area (Å²) >= 11 is 0. The number of aryl methyl sites for hydroxylation is 1. The number of carbonyl (C=O) groups excluding carboxylic acids is 1. The Balaban J connectivity index is 2.47. The van der Waals surface area contributed by atoms with Crippen LogP contribution in [-0.2, 0) is 6.42 Å². The summed E-state index contributed by atoms with van der Waals surface area (Å²) in [6, 6.07) is 1.84. The standard InChI is InChI=1S/C14H23N3O/c1-2-3-4-5-6-7-8-11-9-10-17-13(15)12(11)14(16)18/h9-10H,2-8H2,1H3,(H2,15,17)(H2,16,18). The fourth-order valence-corrected chi connectivity index (χ4v) is 2.11. The van der Waals surface area contributed by atoms with E-state index in [1.54, 1.807) is 6.20 Å². The van der Waals surface area contributed by atoms with E-state index in [1.165, 1.54) is 32.1 Å². The predicted octanol–water partition coefficient (Wildman–Crippen LogP) is 2.67. The van der Waals surface area contributed by atoms with E-state index in [2.05, 4.69) is 11.9 Å². The summed E-state index contributed by atoms with van der Waals surface area (Å²) < 4.78 is 0. The van der Waals surface area contributed by atoms with Gasteiger partial charge >= 0.3 is 0 Å². The highest BCUT2D eigenvalue weighted by molar-refractivity contribution is 5.98. The second kappa shape index (κ2) is 7.69. The highest BCUT2D eigenvalue weighted by atomic mass is 16.1. The second-order valence-corrected chi connectivity index (χ2v) is 4.61. The SMILES string of the molecule is CCCCCCCCc1ccnc(N)c1C(N)=O. The third-order valence-electron chi connectivity index (χ3n) is 3.11. The number of hydrogen-bond donors (Lipinski definition) is 2. The van der Waals surface area contributed by atoms with Gasteiger partial charge < -0.3 is 11.5 Å². The minimum Gasteiger partial charge on any atom is -0.383 e. The number of anilines is 1. The first kappa shape index (κ1) is 14.5. The number of rotatable bonds is 8. The summed E-state index contributed by atoms with van der Waals surface area (Å²) in [6.45, 7) is 2.21. The van der Waals surface area contributed by atoms with Crippen LogP contribution in [0.1, 0.15) is 61.4 Å². The molecule has 1 aromatic rings. The Morgan fingerprint density at radius 3 is 2.56 bits per heavy atom. The summed E-state index contributed by atoms with van der Waals surface area (Å²) in [5.74, 6) is -0.243. The lowest BCUT2D eigenvalue weighted by Crippen LogP contribution is -2.17. The lowest BCUT2D eigenvalue weighted by Gasteiger charge is -2.08. The first-order valence-corrected chi connectivity index (χ1v) is 6.70. The summed E-state index contributed by atoms with van der Waals surface area (Å²) in [4.78, 5) is 15.2. The van der Waals surface area contributed by atoms with Gasteiger partial charge in [-0.2, -0.15) is 0 Å². The van der Waals surface area contributed by atoms with Crippen molar-refractivity contribution < 1.29 is 4.79 Å². The first-order valence-electron chi connectivity index (χ1n) is 6.70. The number of hydrogen-bond acceptors (Lipinski definition) is 3. The minimum absolute atomic E-state index is 0.242. The highest BCUT2D eigenvalue weighted by Crippen LogP contribution is 2.17. The zero-order valence-corrected chi connectivity index (χ0v) is 11.1. The topological polar surface area (TPSA) is 82.0 Å². The number of nitrogens with zero attached hydrogens (tertiary/aromatic N) is 1. The molecule has 18 heavy (non-hydrogen) atoms. The van der Waals surface area contributed by atoms with Crippen LogP contribution in [0.3, 0.4) is 0 Å². The summed E-state index contributed by atoms with van der Waals surface area (Å²) in [5, 5.41) is 0. The lowest BCUT2D eigenvalue weighted by molar-refractivity contribution is 0.1000. The molecule has 1 rings (SSSR count). The van der Waals surface area contributed by atoms with Crippen LogP contribution in [0.15, 0.2) is 12.3 Å². The molecular formula is C14H23N3O. The molecule has 1 heterocycles. The maximum absolute atomic E-state index is 11.3. The van der Waals surface area contributed by atoms with Gasteiger partial charge in [0.15, 0.2) is 0 Å². The molecular weight excluding hydrogens is 226 g/mol.